The van der Waals surface area contributed by atoms with Gasteiger partial charge in [-0.25, -0.2) is 0 Å². The summed E-state index contributed by atoms with van der Waals surface area (Å²) in [6, 6.07) is 8.45. The van der Waals surface area contributed by atoms with Gasteiger partial charge in [0.1, 0.15) is 5.75 Å². The number of benzene rings is 1. The Balaban J connectivity index is 2.00. The Bertz CT molecular complexity index is 294. The van der Waals surface area contributed by atoms with Gasteiger partial charge < -0.3 is 4.74 Å². The molecule has 0 saturated carbocycles. The number of hydrogen-bond donors (Lipinski definition) is 0. The van der Waals surface area contributed by atoms with E-state index in [0.717, 1.165) is 11.1 Å². The zero-order valence-corrected chi connectivity index (χ0v) is 13.0. The first-order chi connectivity index (χ1) is 8.86. The maximum Gasteiger partial charge on any atom is 0.118 e. The molecule has 1 aromatic rings. The van der Waals surface area contributed by atoms with E-state index in [9.17, 15) is 0 Å². The maximum absolute atomic E-state index is 5.16. The third-order valence-corrected chi connectivity index (χ3v) is 3.82. The van der Waals surface area contributed by atoms with E-state index in [0.29, 0.717) is 0 Å². The third-order valence-electron chi connectivity index (χ3n) is 3.26. The molecule has 0 aliphatic rings. The molecule has 0 fully saturated rings. The summed E-state index contributed by atoms with van der Waals surface area (Å²) in [6.07, 6.45) is 10.8. The summed E-state index contributed by atoms with van der Waals surface area (Å²) in [4.78, 5) is 0. The minimum Gasteiger partial charge on any atom is -0.497 e. The van der Waals surface area contributed by atoms with Gasteiger partial charge in [-0.15, -0.1) is 0 Å². The van der Waals surface area contributed by atoms with Crippen molar-refractivity contribution < 1.29 is 4.74 Å². The quantitative estimate of drug-likeness (QED) is 0.417. The summed E-state index contributed by atoms with van der Waals surface area (Å²) < 4.78 is 5.16. The van der Waals surface area contributed by atoms with Crippen LogP contribution in [0.25, 0.3) is 0 Å². The highest BCUT2D eigenvalue weighted by molar-refractivity contribution is 9.09. The second kappa shape index (κ2) is 10.4. The Kier molecular flexibility index (Phi) is 9.01. The number of methoxy groups -OCH3 is 1. The Morgan fingerprint density at radius 1 is 0.833 bits per heavy atom. The Hall–Kier alpha value is -0.500. The van der Waals surface area contributed by atoms with E-state index in [1.165, 1.54) is 56.9 Å². The SMILES string of the molecule is COc1ccc(CCCCCCCCCBr)cc1. The van der Waals surface area contributed by atoms with E-state index in [1.807, 2.05) is 0 Å². The lowest BCUT2D eigenvalue weighted by atomic mass is 10.0. The van der Waals surface area contributed by atoms with Crippen LogP contribution in [-0.2, 0) is 6.42 Å². The number of hydrogen-bond acceptors (Lipinski definition) is 1. The first-order valence-corrected chi connectivity index (χ1v) is 8.18. The number of unbranched alkanes of at least 4 members (excludes halogenated alkanes) is 6. The predicted molar refractivity (Wildman–Crippen MR) is 82.8 cm³/mol. The van der Waals surface area contributed by atoms with Gasteiger partial charge in [-0.3, -0.25) is 0 Å². The van der Waals surface area contributed by atoms with Gasteiger partial charge in [0.15, 0.2) is 0 Å². The zero-order valence-electron chi connectivity index (χ0n) is 11.5. The van der Waals surface area contributed by atoms with Gasteiger partial charge in [-0.2, -0.15) is 0 Å². The summed E-state index contributed by atoms with van der Waals surface area (Å²) in [5.74, 6) is 0.950. The third kappa shape index (κ3) is 7.05. The summed E-state index contributed by atoms with van der Waals surface area (Å²) >= 11 is 3.47. The van der Waals surface area contributed by atoms with Crippen LogP contribution in [0.2, 0.25) is 0 Å². The van der Waals surface area contributed by atoms with Crippen molar-refractivity contribution in [2.45, 2.75) is 51.4 Å². The predicted octanol–water partition coefficient (Wildman–Crippen LogP) is 5.36. The van der Waals surface area contributed by atoms with Crippen LogP contribution in [0, 0.1) is 0 Å². The van der Waals surface area contributed by atoms with Crippen LogP contribution in [0.5, 0.6) is 5.75 Å². The molecule has 102 valence electrons. The van der Waals surface area contributed by atoms with Crippen molar-refractivity contribution in [2.24, 2.45) is 0 Å². The molecule has 0 N–H and O–H groups in total. The molecule has 0 amide bonds. The summed E-state index contributed by atoms with van der Waals surface area (Å²) in [5.41, 5.74) is 1.43. The number of ether oxygens (including phenoxy) is 1. The topological polar surface area (TPSA) is 9.23 Å². The smallest absolute Gasteiger partial charge is 0.118 e. The van der Waals surface area contributed by atoms with Crippen molar-refractivity contribution >= 4 is 15.9 Å². The van der Waals surface area contributed by atoms with Crippen LogP contribution in [0.15, 0.2) is 24.3 Å². The zero-order chi connectivity index (χ0) is 13.1. The Morgan fingerprint density at radius 3 is 1.94 bits per heavy atom. The van der Waals surface area contributed by atoms with Crippen molar-refractivity contribution in [1.82, 2.24) is 0 Å². The number of halogens is 1. The molecule has 1 nitrogen and oxygen atoms in total. The lowest BCUT2D eigenvalue weighted by Crippen LogP contribution is -1.88. The van der Waals surface area contributed by atoms with E-state index in [1.54, 1.807) is 7.11 Å². The molecule has 0 radical (unpaired) electrons. The Labute approximate surface area is 120 Å². The molecule has 0 aliphatic heterocycles. The fraction of sp³-hybridized carbons (Fsp3) is 0.625. The van der Waals surface area contributed by atoms with Gasteiger partial charge in [0, 0.05) is 5.33 Å². The molecule has 0 atom stereocenters. The van der Waals surface area contributed by atoms with E-state index in [-0.39, 0.29) is 0 Å². The average Bonchev–Trinajstić information content (AvgIpc) is 2.42. The van der Waals surface area contributed by atoms with Crippen molar-refractivity contribution in [2.75, 3.05) is 12.4 Å². The minimum absolute atomic E-state index is 0.950. The highest BCUT2D eigenvalue weighted by Gasteiger charge is 1.95. The van der Waals surface area contributed by atoms with Crippen molar-refractivity contribution in [1.29, 1.82) is 0 Å². The standard InChI is InChI=1S/C16H25BrO/c1-18-16-12-10-15(11-13-16)9-7-5-3-2-4-6-8-14-17/h10-13H,2-9,14H2,1H3. The number of rotatable bonds is 10. The van der Waals surface area contributed by atoms with E-state index in [2.05, 4.69) is 40.2 Å². The van der Waals surface area contributed by atoms with Gasteiger partial charge in [0.2, 0.25) is 0 Å². The lowest BCUT2D eigenvalue weighted by molar-refractivity contribution is 0.414. The molecule has 0 saturated heterocycles. The molecule has 0 spiro atoms. The highest BCUT2D eigenvalue weighted by Crippen LogP contribution is 2.14. The molecule has 1 aromatic carbocycles. The second-order valence-corrected chi connectivity index (χ2v) is 5.55. The van der Waals surface area contributed by atoms with Crippen LogP contribution in [0.1, 0.15) is 50.5 Å². The summed E-state index contributed by atoms with van der Waals surface area (Å²) in [7, 11) is 1.71. The molecule has 0 aromatic heterocycles. The van der Waals surface area contributed by atoms with Gasteiger partial charge in [-0.1, -0.05) is 60.2 Å². The monoisotopic (exact) mass is 312 g/mol. The first-order valence-electron chi connectivity index (χ1n) is 7.05. The van der Waals surface area contributed by atoms with Crippen molar-refractivity contribution in [3.63, 3.8) is 0 Å². The fourth-order valence-corrected chi connectivity index (χ4v) is 2.50. The minimum atomic E-state index is 0.950. The van der Waals surface area contributed by atoms with Crippen LogP contribution >= 0.6 is 15.9 Å². The van der Waals surface area contributed by atoms with E-state index in [4.69, 9.17) is 4.74 Å². The fourth-order valence-electron chi connectivity index (χ4n) is 2.10. The summed E-state index contributed by atoms with van der Waals surface area (Å²) in [6.45, 7) is 0. The van der Waals surface area contributed by atoms with Crippen molar-refractivity contribution in [3.05, 3.63) is 29.8 Å². The largest absolute Gasteiger partial charge is 0.497 e. The molecule has 2 heteroatoms. The van der Waals surface area contributed by atoms with Gasteiger partial charge >= 0.3 is 0 Å². The van der Waals surface area contributed by atoms with Gasteiger partial charge in [0.05, 0.1) is 7.11 Å². The highest BCUT2D eigenvalue weighted by atomic mass is 79.9. The average molecular weight is 313 g/mol. The number of alkyl halides is 1. The normalized spacial score (nSPS) is 10.6. The van der Waals surface area contributed by atoms with Gasteiger partial charge in [-0.05, 0) is 37.0 Å². The molecule has 0 heterocycles. The van der Waals surface area contributed by atoms with Gasteiger partial charge in [0.25, 0.3) is 0 Å². The van der Waals surface area contributed by atoms with Crippen molar-refractivity contribution in [3.8, 4) is 5.75 Å². The van der Waals surface area contributed by atoms with E-state index < -0.39 is 0 Å². The van der Waals surface area contributed by atoms with Crippen LogP contribution < -0.4 is 4.74 Å². The van der Waals surface area contributed by atoms with Crippen LogP contribution in [0.3, 0.4) is 0 Å². The van der Waals surface area contributed by atoms with Crippen LogP contribution in [-0.4, -0.2) is 12.4 Å². The molecule has 18 heavy (non-hydrogen) atoms. The van der Waals surface area contributed by atoms with E-state index >= 15 is 0 Å². The second-order valence-electron chi connectivity index (χ2n) is 4.76. The number of aryl methyl sites for hydroxylation is 1. The molecular formula is C16H25BrO. The lowest BCUT2D eigenvalue weighted by Gasteiger charge is -2.04. The molecule has 0 unspecified atom stereocenters. The maximum atomic E-state index is 5.16. The first kappa shape index (κ1) is 15.6. The van der Waals surface area contributed by atoms with Crippen LogP contribution in [0.4, 0.5) is 0 Å². The molecular weight excluding hydrogens is 288 g/mol. The molecule has 1 rings (SSSR count). The molecule has 0 aliphatic carbocycles. The molecule has 0 bridgehead atoms. The summed E-state index contributed by atoms with van der Waals surface area (Å²) in [5, 5.41) is 1.16. The Morgan fingerprint density at radius 2 is 1.39 bits per heavy atom.